The molecule has 4 rings (SSSR count). The Morgan fingerprint density at radius 3 is 2.17 bits per heavy atom. The Kier molecular flexibility index (Phi) is 5.34. The first-order valence-corrected chi connectivity index (χ1v) is 11.7. The Morgan fingerprint density at radius 1 is 1.03 bits per heavy atom. The van der Waals surface area contributed by atoms with Crippen molar-refractivity contribution >= 4 is 27.4 Å². The first-order chi connectivity index (χ1) is 14.2. The van der Waals surface area contributed by atoms with E-state index in [1.54, 1.807) is 12.1 Å². The van der Waals surface area contributed by atoms with Crippen LogP contribution < -0.4 is 5.14 Å². The number of nitrogens with zero attached hydrogens (tertiary/aromatic N) is 1. The number of Topliss-reactive ketones (excluding diaryl/α,β-unsaturated/α-hetero) is 1. The van der Waals surface area contributed by atoms with E-state index in [1.165, 1.54) is 12.1 Å². The van der Waals surface area contributed by atoms with Crippen LogP contribution in [0.3, 0.4) is 0 Å². The molecule has 0 amide bonds. The number of carbonyl (C=O) groups is 1. The van der Waals surface area contributed by atoms with Crippen LogP contribution in [0.15, 0.2) is 53.4 Å². The lowest BCUT2D eigenvalue weighted by molar-refractivity contribution is 0.0976. The van der Waals surface area contributed by atoms with E-state index in [4.69, 9.17) is 16.7 Å². The minimum absolute atomic E-state index is 0.0450. The quantitative estimate of drug-likeness (QED) is 0.542. The Labute approximate surface area is 181 Å². The van der Waals surface area contributed by atoms with Gasteiger partial charge in [-0.3, -0.25) is 4.79 Å². The second kappa shape index (κ2) is 7.69. The zero-order valence-corrected chi connectivity index (χ0v) is 18.4. The van der Waals surface area contributed by atoms with Crippen molar-refractivity contribution in [2.45, 2.75) is 38.0 Å². The van der Waals surface area contributed by atoms with Crippen LogP contribution in [0.4, 0.5) is 0 Å². The standard InChI is InChI=1S/C23H23ClN2O3S/c1-14-22(17-5-11-20(12-6-17)30(25,28)29)23(21(27)13-16-3-4-16)15(2)26(14)19-9-7-18(24)8-10-19/h5-12,16H,3-4,13H2,1-2H3,(H2,25,28,29). The van der Waals surface area contributed by atoms with Gasteiger partial charge in [0.15, 0.2) is 5.78 Å². The van der Waals surface area contributed by atoms with Gasteiger partial charge in [0.05, 0.1) is 4.90 Å². The molecule has 1 saturated carbocycles. The Hall–Kier alpha value is -2.41. The highest BCUT2D eigenvalue weighted by Crippen LogP contribution is 2.39. The molecule has 2 aromatic carbocycles. The number of rotatable bonds is 6. The normalized spacial score (nSPS) is 14.1. The van der Waals surface area contributed by atoms with Crippen molar-refractivity contribution in [1.82, 2.24) is 4.57 Å². The molecular formula is C23H23ClN2O3S. The zero-order valence-electron chi connectivity index (χ0n) is 16.9. The van der Waals surface area contributed by atoms with Crippen molar-refractivity contribution in [1.29, 1.82) is 0 Å². The number of aromatic nitrogens is 1. The van der Waals surface area contributed by atoms with Crippen molar-refractivity contribution < 1.29 is 13.2 Å². The van der Waals surface area contributed by atoms with Crippen LogP contribution in [0, 0.1) is 19.8 Å². The van der Waals surface area contributed by atoms with Gasteiger partial charge in [-0.2, -0.15) is 0 Å². The highest BCUT2D eigenvalue weighted by Gasteiger charge is 2.30. The molecule has 1 aliphatic rings. The number of ketones is 1. The Bertz CT molecular complexity index is 1220. The molecule has 0 bridgehead atoms. The summed E-state index contributed by atoms with van der Waals surface area (Å²) < 4.78 is 25.3. The second-order valence-corrected chi connectivity index (χ2v) is 9.87. The van der Waals surface area contributed by atoms with Crippen molar-refractivity contribution in [2.24, 2.45) is 11.1 Å². The molecule has 156 valence electrons. The third-order valence-electron chi connectivity index (χ3n) is 5.65. The minimum atomic E-state index is -3.78. The predicted molar refractivity (Wildman–Crippen MR) is 119 cm³/mol. The number of hydrogen-bond acceptors (Lipinski definition) is 3. The first-order valence-electron chi connectivity index (χ1n) is 9.81. The van der Waals surface area contributed by atoms with Crippen LogP contribution in [0.1, 0.15) is 41.0 Å². The van der Waals surface area contributed by atoms with Gasteiger partial charge >= 0.3 is 0 Å². The lowest BCUT2D eigenvalue weighted by Crippen LogP contribution is -2.11. The average molecular weight is 443 g/mol. The average Bonchev–Trinajstić information content (AvgIpc) is 3.46. The van der Waals surface area contributed by atoms with Crippen LogP contribution in [-0.2, 0) is 10.0 Å². The van der Waals surface area contributed by atoms with Crippen LogP contribution in [-0.4, -0.2) is 18.8 Å². The van der Waals surface area contributed by atoms with Crippen LogP contribution in [0.2, 0.25) is 5.02 Å². The molecule has 0 atom stereocenters. The van der Waals surface area contributed by atoms with Crippen molar-refractivity contribution in [3.63, 3.8) is 0 Å². The lowest BCUT2D eigenvalue weighted by Gasteiger charge is -2.10. The van der Waals surface area contributed by atoms with E-state index in [-0.39, 0.29) is 10.7 Å². The van der Waals surface area contributed by atoms with Crippen molar-refractivity contribution in [3.05, 3.63) is 70.5 Å². The topological polar surface area (TPSA) is 82.2 Å². The maximum Gasteiger partial charge on any atom is 0.238 e. The number of benzene rings is 2. The Balaban J connectivity index is 1.90. The smallest absolute Gasteiger partial charge is 0.238 e. The predicted octanol–water partition coefficient (Wildman–Crippen LogP) is 5.04. The molecule has 1 aliphatic carbocycles. The first kappa shape index (κ1) is 20.8. The number of hydrogen-bond donors (Lipinski definition) is 1. The summed E-state index contributed by atoms with van der Waals surface area (Å²) >= 11 is 6.05. The monoisotopic (exact) mass is 442 g/mol. The molecule has 7 heteroatoms. The highest BCUT2D eigenvalue weighted by atomic mass is 35.5. The minimum Gasteiger partial charge on any atom is -0.317 e. The van der Waals surface area contributed by atoms with E-state index in [2.05, 4.69) is 4.57 Å². The maximum atomic E-state index is 13.2. The highest BCUT2D eigenvalue weighted by molar-refractivity contribution is 7.89. The van der Waals surface area contributed by atoms with Gasteiger partial charge in [-0.25, -0.2) is 13.6 Å². The molecule has 1 heterocycles. The summed E-state index contributed by atoms with van der Waals surface area (Å²) in [7, 11) is -3.78. The van der Waals surface area contributed by atoms with Crippen LogP contribution in [0.25, 0.3) is 16.8 Å². The van der Waals surface area contributed by atoms with E-state index in [0.717, 1.165) is 41.0 Å². The molecule has 0 unspecified atom stereocenters. The molecule has 0 aliphatic heterocycles. The van der Waals surface area contributed by atoms with E-state index in [0.29, 0.717) is 22.9 Å². The van der Waals surface area contributed by atoms with Gasteiger partial charge in [-0.1, -0.05) is 23.7 Å². The molecule has 1 aromatic heterocycles. The number of primary sulfonamides is 1. The molecule has 5 nitrogen and oxygen atoms in total. The number of halogens is 1. The second-order valence-electron chi connectivity index (χ2n) is 7.87. The van der Waals surface area contributed by atoms with E-state index < -0.39 is 10.0 Å². The summed E-state index contributed by atoms with van der Waals surface area (Å²) in [6.07, 6.45) is 2.73. The summed E-state index contributed by atoms with van der Waals surface area (Å²) in [6, 6.07) is 13.9. The van der Waals surface area contributed by atoms with Gasteiger partial charge in [0.1, 0.15) is 0 Å². The summed E-state index contributed by atoms with van der Waals surface area (Å²) in [5, 5.41) is 5.88. The van der Waals surface area contributed by atoms with Crippen LogP contribution >= 0.6 is 11.6 Å². The molecule has 3 aromatic rings. The zero-order chi connectivity index (χ0) is 21.6. The molecular weight excluding hydrogens is 420 g/mol. The summed E-state index contributed by atoms with van der Waals surface area (Å²) in [5.74, 6) is 0.588. The number of sulfonamides is 1. The van der Waals surface area contributed by atoms with Gasteiger partial charge < -0.3 is 4.57 Å². The number of carbonyl (C=O) groups excluding carboxylic acids is 1. The van der Waals surface area contributed by atoms with Crippen LogP contribution in [0.5, 0.6) is 0 Å². The van der Waals surface area contributed by atoms with Gasteiger partial charge in [-0.05, 0) is 74.6 Å². The third-order valence-corrected chi connectivity index (χ3v) is 6.83. The molecule has 0 saturated heterocycles. The van der Waals surface area contributed by atoms with Gasteiger partial charge in [0.25, 0.3) is 0 Å². The molecule has 30 heavy (non-hydrogen) atoms. The maximum absolute atomic E-state index is 13.2. The molecule has 1 fully saturated rings. The van der Waals surface area contributed by atoms with Crippen molar-refractivity contribution in [2.75, 3.05) is 0 Å². The fourth-order valence-corrected chi connectivity index (χ4v) is 4.65. The fourth-order valence-electron chi connectivity index (χ4n) is 4.01. The largest absolute Gasteiger partial charge is 0.317 e. The SMILES string of the molecule is Cc1c(C(=O)CC2CC2)c(-c2ccc(S(N)(=O)=O)cc2)c(C)n1-c1ccc(Cl)cc1. The van der Waals surface area contributed by atoms with E-state index in [9.17, 15) is 13.2 Å². The summed E-state index contributed by atoms with van der Waals surface area (Å²) in [4.78, 5) is 13.3. The fraction of sp³-hybridized carbons (Fsp3) is 0.261. The van der Waals surface area contributed by atoms with Gasteiger partial charge in [0.2, 0.25) is 10.0 Å². The molecule has 0 spiro atoms. The van der Waals surface area contributed by atoms with Gasteiger partial charge in [0, 0.05) is 39.6 Å². The number of nitrogens with two attached hydrogens (primary N) is 1. The molecule has 0 radical (unpaired) electrons. The van der Waals surface area contributed by atoms with Gasteiger partial charge in [-0.15, -0.1) is 0 Å². The summed E-state index contributed by atoms with van der Waals surface area (Å²) in [5.41, 5.74) is 5.01. The van der Waals surface area contributed by atoms with E-state index in [1.807, 2.05) is 38.1 Å². The summed E-state index contributed by atoms with van der Waals surface area (Å²) in [6.45, 7) is 3.92. The Morgan fingerprint density at radius 2 is 1.63 bits per heavy atom. The molecule has 2 N–H and O–H groups in total. The lowest BCUT2D eigenvalue weighted by atomic mass is 9.95. The van der Waals surface area contributed by atoms with Crippen molar-refractivity contribution in [3.8, 4) is 16.8 Å². The van der Waals surface area contributed by atoms with E-state index >= 15 is 0 Å². The third kappa shape index (κ3) is 3.95.